The van der Waals surface area contributed by atoms with Gasteiger partial charge in [-0.1, -0.05) is 13.8 Å². The molecule has 0 bridgehead atoms. The SMILES string of the molecule is CC(C)C(NC(N)=O)C(=O)Nc1cnccc1C(=O)O. The Bertz CT molecular complexity index is 530. The van der Waals surface area contributed by atoms with Gasteiger partial charge in [-0.3, -0.25) is 9.78 Å². The summed E-state index contributed by atoms with van der Waals surface area (Å²) in [5.74, 6) is -1.96. The fourth-order valence-electron chi connectivity index (χ4n) is 1.58. The molecule has 20 heavy (non-hydrogen) atoms. The molecule has 0 aliphatic carbocycles. The molecule has 108 valence electrons. The predicted octanol–water partition coefficient (Wildman–Crippen LogP) is 0.411. The lowest BCUT2D eigenvalue weighted by Gasteiger charge is -2.20. The molecule has 8 nitrogen and oxygen atoms in total. The van der Waals surface area contributed by atoms with E-state index >= 15 is 0 Å². The lowest BCUT2D eigenvalue weighted by molar-refractivity contribution is -0.118. The first kappa shape index (κ1) is 15.4. The molecule has 0 aliphatic rings. The number of nitrogens with one attached hydrogen (secondary N) is 2. The van der Waals surface area contributed by atoms with Crippen LogP contribution in [-0.2, 0) is 4.79 Å². The van der Waals surface area contributed by atoms with E-state index in [9.17, 15) is 14.4 Å². The first-order chi connectivity index (χ1) is 9.32. The minimum Gasteiger partial charge on any atom is -0.478 e. The highest BCUT2D eigenvalue weighted by Crippen LogP contribution is 2.14. The number of carboxylic acids is 1. The Balaban J connectivity index is 2.94. The second kappa shape index (κ2) is 6.50. The molecular formula is C12H16N4O4. The number of pyridine rings is 1. The van der Waals surface area contributed by atoms with Gasteiger partial charge in [0.15, 0.2) is 0 Å². The van der Waals surface area contributed by atoms with Gasteiger partial charge in [-0.05, 0) is 12.0 Å². The Morgan fingerprint density at radius 2 is 2.00 bits per heavy atom. The first-order valence-electron chi connectivity index (χ1n) is 5.87. The van der Waals surface area contributed by atoms with E-state index in [-0.39, 0.29) is 17.2 Å². The molecule has 0 fully saturated rings. The van der Waals surface area contributed by atoms with Crippen LogP contribution in [0, 0.1) is 5.92 Å². The predicted molar refractivity (Wildman–Crippen MR) is 71.2 cm³/mol. The standard InChI is InChI=1S/C12H16N4O4/c1-6(2)9(16-12(13)20)10(17)15-8-5-14-4-3-7(8)11(18)19/h3-6,9H,1-2H3,(H,15,17)(H,18,19)(H3,13,16,20). The summed E-state index contributed by atoms with van der Waals surface area (Å²) in [6.45, 7) is 3.45. The van der Waals surface area contributed by atoms with Gasteiger partial charge < -0.3 is 21.5 Å². The van der Waals surface area contributed by atoms with Gasteiger partial charge in [0.05, 0.1) is 17.4 Å². The van der Waals surface area contributed by atoms with Crippen LogP contribution < -0.4 is 16.4 Å². The number of carbonyl (C=O) groups is 3. The summed E-state index contributed by atoms with van der Waals surface area (Å²) in [5.41, 5.74) is 4.97. The Hall–Kier alpha value is -2.64. The zero-order chi connectivity index (χ0) is 15.3. The van der Waals surface area contributed by atoms with E-state index in [1.54, 1.807) is 13.8 Å². The second-order valence-electron chi connectivity index (χ2n) is 4.45. The van der Waals surface area contributed by atoms with Gasteiger partial charge in [-0.15, -0.1) is 0 Å². The van der Waals surface area contributed by atoms with Crippen LogP contribution in [0.5, 0.6) is 0 Å². The molecule has 8 heteroatoms. The molecule has 0 saturated carbocycles. The molecule has 0 spiro atoms. The lowest BCUT2D eigenvalue weighted by atomic mass is 10.0. The molecule has 1 aromatic heterocycles. The number of nitrogens with two attached hydrogens (primary N) is 1. The maximum atomic E-state index is 12.1. The Morgan fingerprint density at radius 3 is 2.50 bits per heavy atom. The van der Waals surface area contributed by atoms with Crippen LogP contribution in [0.25, 0.3) is 0 Å². The summed E-state index contributed by atoms with van der Waals surface area (Å²) in [6.07, 6.45) is 2.53. The average Bonchev–Trinajstić information content (AvgIpc) is 2.35. The van der Waals surface area contributed by atoms with Crippen molar-refractivity contribution in [1.82, 2.24) is 10.3 Å². The largest absolute Gasteiger partial charge is 0.478 e. The van der Waals surface area contributed by atoms with Crippen molar-refractivity contribution < 1.29 is 19.5 Å². The number of aromatic carboxylic acids is 1. The normalized spacial score (nSPS) is 11.8. The number of aromatic nitrogens is 1. The Labute approximate surface area is 115 Å². The van der Waals surface area contributed by atoms with Crippen molar-refractivity contribution >= 4 is 23.6 Å². The minimum atomic E-state index is -1.19. The van der Waals surface area contributed by atoms with Crippen LogP contribution in [0.15, 0.2) is 18.5 Å². The summed E-state index contributed by atoms with van der Waals surface area (Å²) in [7, 11) is 0. The number of primary amides is 1. The highest BCUT2D eigenvalue weighted by atomic mass is 16.4. The zero-order valence-electron chi connectivity index (χ0n) is 11.1. The monoisotopic (exact) mass is 280 g/mol. The first-order valence-corrected chi connectivity index (χ1v) is 5.87. The summed E-state index contributed by atoms with van der Waals surface area (Å²) in [6, 6.07) is -0.429. The van der Waals surface area contributed by atoms with Crippen LogP contribution in [-0.4, -0.2) is 34.0 Å². The number of rotatable bonds is 5. The zero-order valence-corrected chi connectivity index (χ0v) is 11.1. The van der Waals surface area contributed by atoms with Gasteiger partial charge in [-0.25, -0.2) is 9.59 Å². The molecule has 1 heterocycles. The number of carbonyl (C=O) groups excluding carboxylic acids is 2. The van der Waals surface area contributed by atoms with Crippen molar-refractivity contribution in [3.63, 3.8) is 0 Å². The van der Waals surface area contributed by atoms with Crippen LogP contribution in [0.4, 0.5) is 10.5 Å². The third kappa shape index (κ3) is 3.94. The van der Waals surface area contributed by atoms with Crippen LogP contribution in [0.3, 0.4) is 0 Å². The molecule has 5 N–H and O–H groups in total. The molecule has 1 unspecified atom stereocenters. The molecule has 0 radical (unpaired) electrons. The molecule has 0 aromatic carbocycles. The van der Waals surface area contributed by atoms with E-state index in [4.69, 9.17) is 10.8 Å². The van der Waals surface area contributed by atoms with E-state index in [1.165, 1.54) is 18.5 Å². The van der Waals surface area contributed by atoms with Crippen LogP contribution in [0.1, 0.15) is 24.2 Å². The van der Waals surface area contributed by atoms with E-state index < -0.39 is 23.9 Å². The minimum absolute atomic E-state index is 0.0573. The molecule has 3 amide bonds. The third-order valence-electron chi connectivity index (χ3n) is 2.56. The number of urea groups is 1. The molecule has 0 aliphatic heterocycles. The van der Waals surface area contributed by atoms with Crippen LogP contribution in [0.2, 0.25) is 0 Å². The summed E-state index contributed by atoms with van der Waals surface area (Å²) in [5, 5.41) is 13.7. The van der Waals surface area contributed by atoms with Gasteiger partial charge in [0, 0.05) is 6.20 Å². The van der Waals surface area contributed by atoms with Crippen LogP contribution >= 0.6 is 0 Å². The smallest absolute Gasteiger partial charge is 0.337 e. The maximum absolute atomic E-state index is 12.1. The lowest BCUT2D eigenvalue weighted by Crippen LogP contribution is -2.49. The molecular weight excluding hydrogens is 264 g/mol. The van der Waals surface area contributed by atoms with Crippen molar-refractivity contribution in [2.75, 3.05) is 5.32 Å². The molecule has 1 aromatic rings. The second-order valence-corrected chi connectivity index (χ2v) is 4.45. The topological polar surface area (TPSA) is 134 Å². The van der Waals surface area contributed by atoms with Crippen molar-refractivity contribution in [2.45, 2.75) is 19.9 Å². The molecule has 0 saturated heterocycles. The number of carboxylic acid groups (broad SMARTS) is 1. The summed E-state index contributed by atoms with van der Waals surface area (Å²) >= 11 is 0. The van der Waals surface area contributed by atoms with E-state index in [2.05, 4.69) is 15.6 Å². The van der Waals surface area contributed by atoms with Crippen molar-refractivity contribution in [1.29, 1.82) is 0 Å². The van der Waals surface area contributed by atoms with Gasteiger partial charge in [0.25, 0.3) is 0 Å². The summed E-state index contributed by atoms with van der Waals surface area (Å²) < 4.78 is 0. The number of hydrogen-bond acceptors (Lipinski definition) is 4. The van der Waals surface area contributed by atoms with Gasteiger partial charge in [0.1, 0.15) is 6.04 Å². The number of anilines is 1. The fraction of sp³-hybridized carbons (Fsp3) is 0.333. The Morgan fingerprint density at radius 1 is 1.35 bits per heavy atom. The van der Waals surface area contributed by atoms with E-state index in [0.717, 1.165) is 0 Å². The number of amides is 3. The summed E-state index contributed by atoms with van der Waals surface area (Å²) in [4.78, 5) is 37.7. The van der Waals surface area contributed by atoms with Crippen molar-refractivity contribution in [2.24, 2.45) is 11.7 Å². The fourth-order valence-corrected chi connectivity index (χ4v) is 1.58. The highest BCUT2D eigenvalue weighted by Gasteiger charge is 2.24. The molecule has 1 rings (SSSR count). The van der Waals surface area contributed by atoms with Crippen molar-refractivity contribution in [3.05, 3.63) is 24.0 Å². The maximum Gasteiger partial charge on any atom is 0.337 e. The highest BCUT2D eigenvalue weighted by molar-refractivity contribution is 6.02. The van der Waals surface area contributed by atoms with E-state index in [0.29, 0.717) is 0 Å². The number of nitrogens with zero attached hydrogens (tertiary/aromatic N) is 1. The van der Waals surface area contributed by atoms with Gasteiger partial charge in [-0.2, -0.15) is 0 Å². The van der Waals surface area contributed by atoms with Crippen molar-refractivity contribution in [3.8, 4) is 0 Å². The van der Waals surface area contributed by atoms with Gasteiger partial charge >= 0.3 is 12.0 Å². The van der Waals surface area contributed by atoms with E-state index in [1.807, 2.05) is 0 Å². The third-order valence-corrected chi connectivity index (χ3v) is 2.56. The average molecular weight is 280 g/mol. The quantitative estimate of drug-likeness (QED) is 0.619. The molecule has 1 atom stereocenters. The van der Waals surface area contributed by atoms with Gasteiger partial charge in [0.2, 0.25) is 5.91 Å². The Kier molecular flexibility index (Phi) is 5.01. The number of hydrogen-bond donors (Lipinski definition) is 4.